The van der Waals surface area contributed by atoms with Gasteiger partial charge < -0.3 is 21.1 Å². The van der Waals surface area contributed by atoms with E-state index in [4.69, 9.17) is 0 Å². The zero-order chi connectivity index (χ0) is 16.6. The minimum Gasteiger partial charge on any atom is -0.391 e. The number of aliphatic hydroxyl groups is 1. The van der Waals surface area contributed by atoms with Crippen LogP contribution in [0, 0.1) is 0 Å². The van der Waals surface area contributed by atoms with Gasteiger partial charge in [0.15, 0.2) is 0 Å². The van der Waals surface area contributed by atoms with Gasteiger partial charge in [-0.1, -0.05) is 0 Å². The fraction of sp³-hybridized carbons (Fsp3) is 0.467. The summed E-state index contributed by atoms with van der Waals surface area (Å²) in [6.07, 6.45) is 0.0719. The summed E-state index contributed by atoms with van der Waals surface area (Å²) in [5.41, 5.74) is 2.03. The number of anilines is 1. The number of hydrogen-bond donors (Lipinski definition) is 4. The zero-order valence-corrected chi connectivity index (χ0v) is 13.2. The van der Waals surface area contributed by atoms with E-state index in [9.17, 15) is 14.7 Å². The van der Waals surface area contributed by atoms with E-state index >= 15 is 0 Å². The lowest BCUT2D eigenvalue weighted by Crippen LogP contribution is -2.54. The normalized spacial score (nSPS) is 21.3. The molecule has 0 radical (unpaired) electrons. The molecule has 1 saturated heterocycles. The van der Waals surface area contributed by atoms with Gasteiger partial charge in [-0.25, -0.2) is 9.59 Å². The van der Waals surface area contributed by atoms with Gasteiger partial charge in [0, 0.05) is 26.3 Å². The van der Waals surface area contributed by atoms with Crippen LogP contribution in [-0.4, -0.2) is 45.5 Å². The van der Waals surface area contributed by atoms with Gasteiger partial charge in [0.25, 0.3) is 0 Å². The lowest BCUT2D eigenvalue weighted by Gasteiger charge is -2.29. The monoisotopic (exact) mass is 319 g/mol. The Kier molecular flexibility index (Phi) is 4.10. The van der Waals surface area contributed by atoms with E-state index < -0.39 is 6.10 Å². The Balaban J connectivity index is 1.75. The number of nitrogens with one attached hydrogen (secondary N) is 3. The largest absolute Gasteiger partial charge is 0.391 e. The van der Waals surface area contributed by atoms with Gasteiger partial charge in [-0.3, -0.25) is 9.13 Å². The number of amides is 2. The highest BCUT2D eigenvalue weighted by Crippen LogP contribution is 2.17. The summed E-state index contributed by atoms with van der Waals surface area (Å²) in [5.74, 6) is 0. The standard InChI is InChI=1S/C15H21N5O3/c1-19-11-4-3-9(7-12(11)20(2)15(19)23)17-14(22)18-10-8-16-6-5-13(10)21/h3-4,7,10,13,16,21H,5-6,8H2,1-2H3,(H2,17,18,22)/t10-,13-/m1/s1. The highest BCUT2D eigenvalue weighted by Gasteiger charge is 2.24. The Hall–Kier alpha value is -2.32. The first-order valence-corrected chi connectivity index (χ1v) is 7.59. The van der Waals surface area contributed by atoms with E-state index in [1.807, 2.05) is 0 Å². The molecule has 1 fully saturated rings. The van der Waals surface area contributed by atoms with Gasteiger partial charge in [0.2, 0.25) is 0 Å². The number of aryl methyl sites for hydroxylation is 2. The Morgan fingerprint density at radius 3 is 2.78 bits per heavy atom. The van der Waals surface area contributed by atoms with E-state index in [1.165, 1.54) is 4.57 Å². The molecular formula is C15H21N5O3. The number of fused-ring (bicyclic) bond motifs is 1. The number of rotatable bonds is 2. The Morgan fingerprint density at radius 2 is 2.04 bits per heavy atom. The Morgan fingerprint density at radius 1 is 1.30 bits per heavy atom. The number of hydrogen-bond acceptors (Lipinski definition) is 4. The van der Waals surface area contributed by atoms with Crippen molar-refractivity contribution in [2.45, 2.75) is 18.6 Å². The van der Waals surface area contributed by atoms with Crippen LogP contribution in [0.2, 0.25) is 0 Å². The third kappa shape index (κ3) is 2.95. The minimum absolute atomic E-state index is 0.113. The van der Waals surface area contributed by atoms with Crippen LogP contribution in [0.5, 0.6) is 0 Å². The first-order chi connectivity index (χ1) is 11.0. The van der Waals surface area contributed by atoms with E-state index in [1.54, 1.807) is 36.9 Å². The molecule has 3 rings (SSSR count). The second kappa shape index (κ2) is 6.05. The molecule has 0 saturated carbocycles. The van der Waals surface area contributed by atoms with Crippen LogP contribution < -0.4 is 21.6 Å². The molecule has 8 nitrogen and oxygen atoms in total. The lowest BCUT2D eigenvalue weighted by molar-refractivity contribution is 0.103. The van der Waals surface area contributed by atoms with Gasteiger partial charge in [-0.15, -0.1) is 0 Å². The average Bonchev–Trinajstić information content (AvgIpc) is 2.74. The Bertz CT molecular complexity index is 794. The van der Waals surface area contributed by atoms with Crippen molar-refractivity contribution in [3.05, 3.63) is 28.7 Å². The van der Waals surface area contributed by atoms with Crippen molar-refractivity contribution in [1.82, 2.24) is 19.8 Å². The summed E-state index contributed by atoms with van der Waals surface area (Å²) in [4.78, 5) is 24.0. The summed E-state index contributed by atoms with van der Waals surface area (Å²) in [6, 6.07) is 4.61. The number of imidazole rings is 1. The summed E-state index contributed by atoms with van der Waals surface area (Å²) < 4.78 is 3.09. The van der Waals surface area contributed by atoms with Crippen LogP contribution in [0.15, 0.2) is 23.0 Å². The first kappa shape index (κ1) is 15.6. The van der Waals surface area contributed by atoms with Crippen LogP contribution in [0.3, 0.4) is 0 Å². The van der Waals surface area contributed by atoms with Crippen molar-refractivity contribution in [2.75, 3.05) is 18.4 Å². The number of urea groups is 1. The molecule has 8 heteroatoms. The molecular weight excluding hydrogens is 298 g/mol. The van der Waals surface area contributed by atoms with Gasteiger partial charge in [-0.05, 0) is 31.2 Å². The summed E-state index contributed by atoms with van der Waals surface area (Å²) in [7, 11) is 3.40. The van der Waals surface area contributed by atoms with Crippen molar-refractivity contribution in [3.63, 3.8) is 0 Å². The van der Waals surface area contributed by atoms with Crippen molar-refractivity contribution in [2.24, 2.45) is 14.1 Å². The van der Waals surface area contributed by atoms with Gasteiger partial charge >= 0.3 is 11.7 Å². The van der Waals surface area contributed by atoms with Gasteiger partial charge in [0.05, 0.1) is 23.2 Å². The van der Waals surface area contributed by atoms with Gasteiger partial charge in [-0.2, -0.15) is 0 Å². The van der Waals surface area contributed by atoms with Crippen molar-refractivity contribution >= 4 is 22.8 Å². The van der Waals surface area contributed by atoms with Crippen molar-refractivity contribution < 1.29 is 9.90 Å². The average molecular weight is 319 g/mol. The van der Waals surface area contributed by atoms with E-state index in [0.717, 1.165) is 17.6 Å². The molecule has 1 aliphatic heterocycles. The first-order valence-electron chi connectivity index (χ1n) is 7.59. The molecule has 23 heavy (non-hydrogen) atoms. The molecule has 0 aliphatic carbocycles. The second-order valence-electron chi connectivity index (χ2n) is 5.87. The number of piperidine rings is 1. The molecule has 1 aliphatic rings. The lowest BCUT2D eigenvalue weighted by atomic mass is 10.0. The summed E-state index contributed by atoms with van der Waals surface area (Å²) in [5, 5.41) is 18.5. The van der Waals surface area contributed by atoms with Crippen LogP contribution in [-0.2, 0) is 14.1 Å². The highest BCUT2D eigenvalue weighted by molar-refractivity contribution is 5.92. The molecule has 2 amide bonds. The molecule has 2 heterocycles. The smallest absolute Gasteiger partial charge is 0.328 e. The molecule has 0 bridgehead atoms. The maximum absolute atomic E-state index is 12.1. The summed E-state index contributed by atoms with van der Waals surface area (Å²) >= 11 is 0. The predicted octanol–water partition coefficient (Wildman–Crippen LogP) is -0.279. The topological polar surface area (TPSA) is 100 Å². The number of aromatic nitrogens is 2. The number of nitrogens with zero attached hydrogens (tertiary/aromatic N) is 2. The fourth-order valence-corrected chi connectivity index (χ4v) is 2.91. The van der Waals surface area contributed by atoms with E-state index in [-0.39, 0.29) is 17.8 Å². The zero-order valence-electron chi connectivity index (χ0n) is 13.2. The molecule has 2 aromatic rings. The maximum Gasteiger partial charge on any atom is 0.328 e. The highest BCUT2D eigenvalue weighted by atomic mass is 16.3. The molecule has 0 unspecified atom stereocenters. The molecule has 124 valence electrons. The third-order valence-corrected chi connectivity index (χ3v) is 4.29. The molecule has 2 atom stereocenters. The minimum atomic E-state index is -0.542. The van der Waals surface area contributed by atoms with Crippen LogP contribution in [0.1, 0.15) is 6.42 Å². The van der Waals surface area contributed by atoms with Crippen LogP contribution >= 0.6 is 0 Å². The van der Waals surface area contributed by atoms with Crippen LogP contribution in [0.4, 0.5) is 10.5 Å². The predicted molar refractivity (Wildman–Crippen MR) is 87.6 cm³/mol. The molecule has 4 N–H and O–H groups in total. The molecule has 0 spiro atoms. The summed E-state index contributed by atoms with van der Waals surface area (Å²) in [6.45, 7) is 1.29. The number of aliphatic hydroxyl groups excluding tert-OH is 1. The Labute approximate surface area is 133 Å². The molecule has 1 aromatic carbocycles. The fourth-order valence-electron chi connectivity index (χ4n) is 2.91. The second-order valence-corrected chi connectivity index (χ2v) is 5.87. The number of carbonyl (C=O) groups is 1. The van der Waals surface area contributed by atoms with Crippen molar-refractivity contribution in [3.8, 4) is 0 Å². The number of benzene rings is 1. The molecule has 1 aromatic heterocycles. The van der Waals surface area contributed by atoms with Crippen LogP contribution in [0.25, 0.3) is 11.0 Å². The van der Waals surface area contributed by atoms with Crippen molar-refractivity contribution in [1.29, 1.82) is 0 Å². The van der Waals surface area contributed by atoms with E-state index in [0.29, 0.717) is 18.7 Å². The maximum atomic E-state index is 12.1. The third-order valence-electron chi connectivity index (χ3n) is 4.29. The van der Waals surface area contributed by atoms with Gasteiger partial charge in [0.1, 0.15) is 0 Å². The quantitative estimate of drug-likeness (QED) is 0.612. The SMILES string of the molecule is Cn1c(=O)n(C)c2cc(NC(=O)N[C@@H]3CNCC[C@H]3O)ccc21. The number of carbonyl (C=O) groups excluding carboxylic acids is 1. The van der Waals surface area contributed by atoms with E-state index in [2.05, 4.69) is 16.0 Å².